The van der Waals surface area contributed by atoms with Crippen LogP contribution in [0.15, 0.2) is 60.8 Å². The Hall–Kier alpha value is -2.59. The predicted octanol–water partition coefficient (Wildman–Crippen LogP) is 4.82. The molecule has 25 heavy (non-hydrogen) atoms. The van der Waals surface area contributed by atoms with Gasteiger partial charge in [0.2, 0.25) is 5.78 Å². The maximum Gasteiger partial charge on any atom is 0.216 e. The Bertz CT molecular complexity index is 993. The molecule has 0 amide bonds. The molecule has 0 aliphatic rings. The van der Waals surface area contributed by atoms with E-state index in [1.54, 1.807) is 0 Å². The first-order valence-electron chi connectivity index (χ1n) is 9.02. The highest BCUT2D eigenvalue weighted by Crippen LogP contribution is 2.29. The number of fused-ring (bicyclic) bond motifs is 3. The minimum absolute atomic E-state index is 0.253. The topological polar surface area (TPSA) is 25.5 Å². The highest BCUT2D eigenvalue weighted by molar-refractivity contribution is 5.82. The summed E-state index contributed by atoms with van der Waals surface area (Å²) in [5.41, 5.74) is 4.59. The minimum atomic E-state index is 0.253. The van der Waals surface area contributed by atoms with Crippen LogP contribution in [0.2, 0.25) is 0 Å². The number of rotatable bonds is 5. The molecule has 2 aromatic heterocycles. The van der Waals surface area contributed by atoms with Gasteiger partial charge in [-0.2, -0.15) is 0 Å². The molecule has 0 N–H and O–H groups in total. The van der Waals surface area contributed by atoms with Crippen LogP contribution in [0.25, 0.3) is 28.1 Å². The van der Waals surface area contributed by atoms with Gasteiger partial charge >= 0.3 is 0 Å². The van der Waals surface area contributed by atoms with Gasteiger partial charge in [-0.3, -0.25) is 13.9 Å². The smallest absolute Gasteiger partial charge is 0.216 e. The summed E-state index contributed by atoms with van der Waals surface area (Å²) in [6.07, 6.45) is 2.40. The molecule has 0 saturated carbocycles. The first kappa shape index (κ1) is 15.9. The second-order valence-electron chi connectivity index (χ2n) is 6.37. The van der Waals surface area contributed by atoms with Crippen LogP contribution in [0.1, 0.15) is 26.9 Å². The van der Waals surface area contributed by atoms with Crippen molar-refractivity contribution in [2.24, 2.45) is 0 Å². The van der Waals surface area contributed by atoms with Gasteiger partial charge in [-0.25, -0.2) is 4.98 Å². The lowest BCUT2D eigenvalue weighted by molar-refractivity contribution is 0.179. The molecular weight excluding hydrogens is 308 g/mol. The van der Waals surface area contributed by atoms with Gasteiger partial charge in [0, 0.05) is 11.8 Å². The average Bonchev–Trinajstić information content (AvgIpc) is 3.20. The van der Waals surface area contributed by atoms with Crippen molar-refractivity contribution in [2.45, 2.75) is 26.9 Å². The Balaban J connectivity index is 1.97. The van der Waals surface area contributed by atoms with Crippen LogP contribution < -0.4 is 0 Å². The quantitative estimate of drug-likeness (QED) is 0.524. The van der Waals surface area contributed by atoms with Gasteiger partial charge in [-0.05, 0) is 32.1 Å². The van der Waals surface area contributed by atoms with Crippen LogP contribution in [0.4, 0.5) is 0 Å². The van der Waals surface area contributed by atoms with E-state index in [9.17, 15) is 0 Å². The van der Waals surface area contributed by atoms with Crippen LogP contribution in [-0.2, 0) is 0 Å². The molecule has 0 aliphatic heterocycles. The van der Waals surface area contributed by atoms with E-state index in [1.807, 2.05) is 6.07 Å². The molecule has 2 heterocycles. The average molecular weight is 332 g/mol. The minimum Gasteiger partial charge on any atom is -0.294 e. The van der Waals surface area contributed by atoms with Gasteiger partial charge in [-0.1, -0.05) is 56.3 Å². The van der Waals surface area contributed by atoms with Gasteiger partial charge in [0.05, 0.1) is 22.9 Å². The molecule has 4 aromatic rings. The van der Waals surface area contributed by atoms with Gasteiger partial charge in [0.1, 0.15) is 0 Å². The van der Waals surface area contributed by atoms with Gasteiger partial charge in [-0.15, -0.1) is 0 Å². The Labute approximate surface area is 148 Å². The highest BCUT2D eigenvalue weighted by atomic mass is 15.3. The predicted molar refractivity (Wildman–Crippen MR) is 104 cm³/mol. The summed E-state index contributed by atoms with van der Waals surface area (Å²) >= 11 is 0. The third-order valence-corrected chi connectivity index (χ3v) is 5.09. The molecule has 0 spiro atoms. The number of aromatic nitrogens is 3. The lowest BCUT2D eigenvalue weighted by Crippen LogP contribution is -2.30. The fraction of sp³-hybridized carbons (Fsp3) is 0.286. The van der Waals surface area contributed by atoms with Crippen LogP contribution in [0.5, 0.6) is 0 Å². The third-order valence-electron chi connectivity index (χ3n) is 5.09. The summed E-state index contributed by atoms with van der Waals surface area (Å²) in [6.45, 7) is 8.72. The van der Waals surface area contributed by atoms with E-state index in [0.717, 1.165) is 30.1 Å². The number of hydrogen-bond acceptors (Lipinski definition) is 2. The van der Waals surface area contributed by atoms with Crippen molar-refractivity contribution in [2.75, 3.05) is 13.1 Å². The number of nitrogens with zero attached hydrogens (tertiary/aromatic N) is 4. The molecule has 0 aliphatic carbocycles. The zero-order chi connectivity index (χ0) is 17.4. The lowest BCUT2D eigenvalue weighted by Gasteiger charge is -2.28. The summed E-state index contributed by atoms with van der Waals surface area (Å²) in [5.74, 6) is 0.999. The molecule has 1 unspecified atom stereocenters. The fourth-order valence-corrected chi connectivity index (χ4v) is 3.73. The zero-order valence-corrected chi connectivity index (χ0v) is 15.1. The Morgan fingerprint density at radius 1 is 0.920 bits per heavy atom. The summed E-state index contributed by atoms with van der Waals surface area (Å²) < 4.78 is 4.58. The second kappa shape index (κ2) is 6.37. The summed E-state index contributed by atoms with van der Waals surface area (Å²) in [5, 5.41) is 0. The van der Waals surface area contributed by atoms with Gasteiger partial charge < -0.3 is 0 Å². The fourth-order valence-electron chi connectivity index (χ4n) is 3.73. The number of benzene rings is 2. The Kier molecular flexibility index (Phi) is 4.06. The lowest BCUT2D eigenvalue weighted by atomic mass is 10.2. The molecule has 0 radical (unpaired) electrons. The van der Waals surface area contributed by atoms with Gasteiger partial charge in [0.25, 0.3) is 0 Å². The molecule has 128 valence electrons. The summed E-state index contributed by atoms with van der Waals surface area (Å²) in [6, 6.07) is 18.9. The van der Waals surface area contributed by atoms with Crippen LogP contribution >= 0.6 is 0 Å². The highest BCUT2D eigenvalue weighted by Gasteiger charge is 2.21. The van der Waals surface area contributed by atoms with Crippen molar-refractivity contribution in [3.05, 3.63) is 60.8 Å². The largest absolute Gasteiger partial charge is 0.294 e. The molecule has 0 fully saturated rings. The third kappa shape index (κ3) is 2.53. The second-order valence-corrected chi connectivity index (χ2v) is 6.37. The van der Waals surface area contributed by atoms with Crippen molar-refractivity contribution in [3.8, 4) is 11.3 Å². The molecule has 1 atom stereocenters. The molecule has 4 rings (SSSR count). The van der Waals surface area contributed by atoms with Crippen molar-refractivity contribution in [1.29, 1.82) is 0 Å². The Morgan fingerprint density at radius 3 is 2.24 bits per heavy atom. The maximum atomic E-state index is 4.99. The number of hydrogen-bond donors (Lipinski definition) is 0. The molecular formula is C21H24N4. The SMILES string of the molecule is CCN(CC)C(C)n1c2ccccc2n2cc(-c3ccccc3)nc12. The van der Waals surface area contributed by atoms with E-state index in [0.29, 0.717) is 0 Å². The summed E-state index contributed by atoms with van der Waals surface area (Å²) in [7, 11) is 0. The Morgan fingerprint density at radius 2 is 1.56 bits per heavy atom. The van der Waals surface area contributed by atoms with E-state index in [1.165, 1.54) is 11.0 Å². The zero-order valence-electron chi connectivity index (χ0n) is 15.1. The summed E-state index contributed by atoms with van der Waals surface area (Å²) in [4.78, 5) is 7.44. The van der Waals surface area contributed by atoms with Crippen LogP contribution in [0, 0.1) is 0 Å². The van der Waals surface area contributed by atoms with E-state index >= 15 is 0 Å². The van der Waals surface area contributed by atoms with E-state index in [2.05, 4.69) is 89.4 Å². The first-order valence-corrected chi connectivity index (χ1v) is 9.02. The van der Waals surface area contributed by atoms with E-state index in [4.69, 9.17) is 4.98 Å². The first-order chi connectivity index (χ1) is 12.2. The normalized spacial score (nSPS) is 13.1. The van der Waals surface area contributed by atoms with Crippen molar-refractivity contribution in [3.63, 3.8) is 0 Å². The molecule has 2 aromatic carbocycles. The van der Waals surface area contributed by atoms with Crippen molar-refractivity contribution in [1.82, 2.24) is 18.9 Å². The molecule has 4 heteroatoms. The van der Waals surface area contributed by atoms with Crippen LogP contribution in [0.3, 0.4) is 0 Å². The van der Waals surface area contributed by atoms with Gasteiger partial charge in [0.15, 0.2) is 0 Å². The monoisotopic (exact) mass is 332 g/mol. The maximum absolute atomic E-state index is 4.99. The molecule has 0 bridgehead atoms. The number of imidazole rings is 2. The van der Waals surface area contributed by atoms with E-state index < -0.39 is 0 Å². The van der Waals surface area contributed by atoms with Crippen molar-refractivity contribution < 1.29 is 0 Å². The molecule has 0 saturated heterocycles. The number of para-hydroxylation sites is 2. The van der Waals surface area contributed by atoms with Crippen molar-refractivity contribution >= 4 is 16.8 Å². The standard InChI is InChI=1S/C21H24N4/c1-4-23(5-2)16(3)25-20-14-10-9-13-19(20)24-15-18(22-21(24)25)17-11-7-6-8-12-17/h6-16H,4-5H2,1-3H3. The van der Waals surface area contributed by atoms with Crippen LogP contribution in [-0.4, -0.2) is 31.9 Å². The van der Waals surface area contributed by atoms with E-state index in [-0.39, 0.29) is 6.17 Å². The molecule has 4 nitrogen and oxygen atoms in total.